The van der Waals surface area contributed by atoms with E-state index in [2.05, 4.69) is 25.9 Å². The minimum Gasteiger partial charge on any atom is -0.497 e. The van der Waals surface area contributed by atoms with Crippen molar-refractivity contribution >= 4 is 26.8 Å². The molecule has 0 aliphatic heterocycles. The van der Waals surface area contributed by atoms with Crippen molar-refractivity contribution in [2.45, 2.75) is 0 Å². The third-order valence-electron chi connectivity index (χ3n) is 1.79. The summed E-state index contributed by atoms with van der Waals surface area (Å²) in [7, 11) is 1.64. The number of hydrogen-bond donors (Lipinski definition) is 0. The summed E-state index contributed by atoms with van der Waals surface area (Å²) in [4.78, 5) is 8.15. The van der Waals surface area contributed by atoms with E-state index >= 15 is 0 Å². The monoisotopic (exact) mass is 238 g/mol. The van der Waals surface area contributed by atoms with Gasteiger partial charge in [-0.25, -0.2) is 9.97 Å². The zero-order valence-electron chi connectivity index (χ0n) is 6.99. The van der Waals surface area contributed by atoms with Gasteiger partial charge in [0.15, 0.2) is 0 Å². The van der Waals surface area contributed by atoms with Gasteiger partial charge in [-0.1, -0.05) is 0 Å². The van der Waals surface area contributed by atoms with E-state index < -0.39 is 0 Å². The van der Waals surface area contributed by atoms with E-state index in [-0.39, 0.29) is 0 Å². The van der Waals surface area contributed by atoms with Crippen molar-refractivity contribution in [1.29, 1.82) is 0 Å². The Bertz CT molecular complexity index is 445. The Hall–Kier alpha value is -1.16. The van der Waals surface area contributed by atoms with Crippen LogP contribution < -0.4 is 4.74 Å². The molecule has 0 amide bonds. The van der Waals surface area contributed by atoms with Crippen LogP contribution in [0.2, 0.25) is 0 Å². The van der Waals surface area contributed by atoms with Crippen molar-refractivity contribution in [1.82, 2.24) is 9.97 Å². The van der Waals surface area contributed by atoms with Crippen LogP contribution in [0.5, 0.6) is 5.75 Å². The molecule has 0 spiro atoms. The lowest BCUT2D eigenvalue weighted by atomic mass is 10.2. The molecular weight excluding hydrogens is 232 g/mol. The van der Waals surface area contributed by atoms with Gasteiger partial charge in [0, 0.05) is 5.39 Å². The van der Waals surface area contributed by atoms with Crippen molar-refractivity contribution in [2.24, 2.45) is 0 Å². The van der Waals surface area contributed by atoms with Crippen LogP contribution in [0.1, 0.15) is 0 Å². The predicted octanol–water partition coefficient (Wildman–Crippen LogP) is 2.40. The first kappa shape index (κ1) is 8.44. The summed E-state index contributed by atoms with van der Waals surface area (Å²) in [5.74, 6) is 0.808. The fourth-order valence-corrected chi connectivity index (χ4v) is 1.54. The number of ether oxygens (including phenoxy) is 1. The smallest absolute Gasteiger partial charge is 0.119 e. The fourth-order valence-electron chi connectivity index (χ4n) is 1.13. The lowest BCUT2D eigenvalue weighted by Gasteiger charge is -2.01. The minimum absolute atomic E-state index is 0.788. The molecule has 0 N–H and O–H groups in total. The lowest BCUT2D eigenvalue weighted by molar-refractivity contribution is 0.415. The summed E-state index contributed by atoms with van der Waals surface area (Å²) in [5, 5.41) is 0.960. The summed E-state index contributed by atoms with van der Waals surface area (Å²) in [6.45, 7) is 0. The number of fused-ring (bicyclic) bond motifs is 1. The van der Waals surface area contributed by atoms with E-state index in [0.717, 1.165) is 21.3 Å². The SMILES string of the molecule is COc1ccc2ncnc(Br)c2c1. The van der Waals surface area contributed by atoms with Crippen LogP contribution in [0.3, 0.4) is 0 Å². The summed E-state index contributed by atoms with van der Waals surface area (Å²) in [6, 6.07) is 5.68. The molecule has 0 bridgehead atoms. The third-order valence-corrected chi connectivity index (χ3v) is 2.43. The highest BCUT2D eigenvalue weighted by molar-refractivity contribution is 9.10. The molecule has 0 fully saturated rings. The van der Waals surface area contributed by atoms with Gasteiger partial charge in [-0.15, -0.1) is 0 Å². The van der Waals surface area contributed by atoms with Crippen LogP contribution in [0.25, 0.3) is 10.9 Å². The Morgan fingerprint density at radius 2 is 2.15 bits per heavy atom. The van der Waals surface area contributed by atoms with E-state index in [4.69, 9.17) is 4.74 Å². The van der Waals surface area contributed by atoms with Gasteiger partial charge < -0.3 is 4.74 Å². The first-order chi connectivity index (χ1) is 6.31. The summed E-state index contributed by atoms with van der Waals surface area (Å²) in [6.07, 6.45) is 1.53. The van der Waals surface area contributed by atoms with E-state index in [1.54, 1.807) is 7.11 Å². The Morgan fingerprint density at radius 3 is 2.92 bits per heavy atom. The third kappa shape index (κ3) is 1.49. The number of halogens is 1. The molecule has 1 aromatic carbocycles. The van der Waals surface area contributed by atoms with Crippen LogP contribution in [0.4, 0.5) is 0 Å². The quantitative estimate of drug-likeness (QED) is 0.716. The zero-order chi connectivity index (χ0) is 9.26. The summed E-state index contributed by atoms with van der Waals surface area (Å²) in [5.41, 5.74) is 0.905. The first-order valence-corrected chi connectivity index (χ1v) is 4.55. The van der Waals surface area contributed by atoms with Crippen molar-refractivity contribution in [2.75, 3.05) is 7.11 Å². The fraction of sp³-hybridized carbons (Fsp3) is 0.111. The second-order valence-corrected chi connectivity index (χ2v) is 3.30. The van der Waals surface area contributed by atoms with Crippen molar-refractivity contribution in [3.8, 4) is 5.75 Å². The first-order valence-electron chi connectivity index (χ1n) is 3.75. The average Bonchev–Trinajstić information content (AvgIpc) is 2.18. The molecule has 4 heteroatoms. The van der Waals surface area contributed by atoms with Crippen molar-refractivity contribution in [3.63, 3.8) is 0 Å². The van der Waals surface area contributed by atoms with Gasteiger partial charge in [0.25, 0.3) is 0 Å². The molecule has 0 atom stereocenters. The molecule has 1 aromatic heterocycles. The molecule has 2 aromatic rings. The normalized spacial score (nSPS) is 10.3. The maximum absolute atomic E-state index is 5.10. The number of methoxy groups -OCH3 is 1. The molecule has 2 rings (SSSR count). The number of rotatable bonds is 1. The molecule has 3 nitrogen and oxygen atoms in total. The maximum atomic E-state index is 5.10. The highest BCUT2D eigenvalue weighted by Gasteiger charge is 2.01. The van der Waals surface area contributed by atoms with Crippen LogP contribution in [0.15, 0.2) is 29.1 Å². The molecule has 13 heavy (non-hydrogen) atoms. The van der Waals surface area contributed by atoms with E-state index in [1.165, 1.54) is 6.33 Å². The molecule has 0 unspecified atom stereocenters. The minimum atomic E-state index is 0.788. The topological polar surface area (TPSA) is 35.0 Å². The molecule has 0 saturated heterocycles. The van der Waals surface area contributed by atoms with Gasteiger partial charge in [-0.05, 0) is 34.1 Å². The summed E-state index contributed by atoms with van der Waals surface area (Å²) >= 11 is 3.35. The molecule has 0 saturated carbocycles. The highest BCUT2D eigenvalue weighted by Crippen LogP contribution is 2.23. The molecule has 1 heterocycles. The van der Waals surface area contributed by atoms with Gasteiger partial charge in [0.1, 0.15) is 16.7 Å². The second kappa shape index (κ2) is 3.30. The van der Waals surface area contributed by atoms with Crippen LogP contribution in [0, 0.1) is 0 Å². The van der Waals surface area contributed by atoms with Crippen LogP contribution in [-0.4, -0.2) is 17.1 Å². The van der Waals surface area contributed by atoms with E-state index in [1.807, 2.05) is 18.2 Å². The summed E-state index contributed by atoms with van der Waals surface area (Å²) < 4.78 is 5.89. The number of aromatic nitrogens is 2. The standard InChI is InChI=1S/C9H7BrN2O/c1-13-6-2-3-8-7(4-6)9(10)12-5-11-8/h2-5H,1H3. The predicted molar refractivity (Wildman–Crippen MR) is 53.8 cm³/mol. The Morgan fingerprint density at radius 1 is 1.31 bits per heavy atom. The van der Waals surface area contributed by atoms with Crippen molar-refractivity contribution in [3.05, 3.63) is 29.1 Å². The number of benzene rings is 1. The van der Waals surface area contributed by atoms with Gasteiger partial charge in [0.2, 0.25) is 0 Å². The maximum Gasteiger partial charge on any atom is 0.119 e. The molecule has 0 aliphatic carbocycles. The molecule has 0 radical (unpaired) electrons. The van der Waals surface area contributed by atoms with Gasteiger partial charge in [-0.3, -0.25) is 0 Å². The highest BCUT2D eigenvalue weighted by atomic mass is 79.9. The average molecular weight is 239 g/mol. The van der Waals surface area contributed by atoms with Gasteiger partial charge in [0.05, 0.1) is 12.6 Å². The number of hydrogen-bond acceptors (Lipinski definition) is 3. The number of nitrogens with zero attached hydrogens (tertiary/aromatic N) is 2. The molecular formula is C9H7BrN2O. The van der Waals surface area contributed by atoms with Gasteiger partial charge >= 0.3 is 0 Å². The zero-order valence-corrected chi connectivity index (χ0v) is 8.58. The largest absolute Gasteiger partial charge is 0.497 e. The van der Waals surface area contributed by atoms with Crippen molar-refractivity contribution < 1.29 is 4.74 Å². The molecule has 66 valence electrons. The van der Waals surface area contributed by atoms with Crippen LogP contribution >= 0.6 is 15.9 Å². The second-order valence-electron chi connectivity index (χ2n) is 2.55. The van der Waals surface area contributed by atoms with E-state index in [9.17, 15) is 0 Å². The Kier molecular flexibility index (Phi) is 2.14. The molecule has 0 aliphatic rings. The van der Waals surface area contributed by atoms with Crippen LogP contribution in [-0.2, 0) is 0 Å². The van der Waals surface area contributed by atoms with E-state index in [0.29, 0.717) is 0 Å². The lowest BCUT2D eigenvalue weighted by Crippen LogP contribution is -1.86. The van der Waals surface area contributed by atoms with Gasteiger partial charge in [-0.2, -0.15) is 0 Å². The Labute approximate surface area is 83.9 Å². The Balaban J connectivity index is 2.74.